The largest absolute Gasteiger partial charge is 0.378 e. The number of pyridine rings is 1. The van der Waals surface area contributed by atoms with Crippen molar-refractivity contribution < 1.29 is 9.53 Å². The molecule has 1 aromatic carbocycles. The number of carbonyl (C=O) groups is 1. The van der Waals surface area contributed by atoms with E-state index in [9.17, 15) is 4.79 Å². The lowest BCUT2D eigenvalue weighted by Gasteiger charge is -2.28. The topological polar surface area (TPSA) is 92.3 Å². The van der Waals surface area contributed by atoms with E-state index in [1.807, 2.05) is 12.1 Å². The van der Waals surface area contributed by atoms with Crippen molar-refractivity contribution >= 4 is 34.8 Å². The van der Waals surface area contributed by atoms with Crippen LogP contribution < -0.4 is 15.5 Å². The summed E-state index contributed by atoms with van der Waals surface area (Å²) >= 11 is 6.30. The minimum absolute atomic E-state index is 0.332. The third-order valence-corrected chi connectivity index (χ3v) is 4.64. The highest BCUT2D eigenvalue weighted by Gasteiger charge is 2.17. The molecule has 1 aliphatic heterocycles. The summed E-state index contributed by atoms with van der Waals surface area (Å²) in [5.74, 6) is 1.28. The minimum atomic E-state index is -0.332. The third-order valence-electron chi connectivity index (χ3n) is 4.38. The number of hydrogen-bond acceptors (Lipinski definition) is 6. The predicted molar refractivity (Wildman–Crippen MR) is 112 cm³/mol. The van der Waals surface area contributed by atoms with Crippen LogP contribution in [-0.4, -0.2) is 47.3 Å². The van der Waals surface area contributed by atoms with Crippen LogP contribution in [0.25, 0.3) is 11.4 Å². The Morgan fingerprint density at radius 2 is 1.66 bits per heavy atom. The number of nitrogens with zero attached hydrogens (tertiary/aromatic N) is 4. The number of hydrogen-bond donors (Lipinski definition) is 2. The molecule has 3 heterocycles. The van der Waals surface area contributed by atoms with E-state index in [4.69, 9.17) is 16.3 Å². The van der Waals surface area contributed by atoms with Crippen molar-refractivity contribution in [2.75, 3.05) is 41.8 Å². The van der Waals surface area contributed by atoms with Gasteiger partial charge in [-0.05, 0) is 36.4 Å². The zero-order chi connectivity index (χ0) is 20.1. The highest BCUT2D eigenvalue weighted by Crippen LogP contribution is 2.27. The molecular weight excluding hydrogens is 392 g/mol. The van der Waals surface area contributed by atoms with Gasteiger partial charge in [-0.2, -0.15) is 0 Å². The number of urea groups is 1. The second-order valence-corrected chi connectivity index (χ2v) is 6.76. The lowest BCUT2D eigenvalue weighted by atomic mass is 10.2. The zero-order valence-corrected chi connectivity index (χ0v) is 16.3. The molecule has 0 saturated carbocycles. The summed E-state index contributed by atoms with van der Waals surface area (Å²) in [6.45, 7) is 2.78. The van der Waals surface area contributed by atoms with Crippen molar-refractivity contribution in [3.05, 3.63) is 60.0 Å². The van der Waals surface area contributed by atoms with Crippen LogP contribution in [0, 0.1) is 0 Å². The van der Waals surface area contributed by atoms with Crippen molar-refractivity contribution in [2.45, 2.75) is 0 Å². The van der Waals surface area contributed by atoms with Gasteiger partial charge in [0.2, 0.25) is 0 Å². The summed E-state index contributed by atoms with van der Waals surface area (Å²) < 4.78 is 5.39. The fourth-order valence-electron chi connectivity index (χ4n) is 2.93. The number of carbonyl (C=O) groups excluding carboxylic acids is 1. The Labute approximate surface area is 172 Å². The van der Waals surface area contributed by atoms with E-state index in [1.165, 1.54) is 0 Å². The summed E-state index contributed by atoms with van der Waals surface area (Å²) in [5.41, 5.74) is 2.15. The molecule has 2 N–H and O–H groups in total. The molecule has 0 aliphatic carbocycles. The van der Waals surface area contributed by atoms with Crippen molar-refractivity contribution in [1.29, 1.82) is 0 Å². The van der Waals surface area contributed by atoms with Gasteiger partial charge in [-0.1, -0.05) is 11.6 Å². The van der Waals surface area contributed by atoms with Gasteiger partial charge in [-0.25, -0.2) is 14.8 Å². The minimum Gasteiger partial charge on any atom is -0.378 e. The first-order chi connectivity index (χ1) is 14.2. The predicted octanol–water partition coefficient (Wildman–Crippen LogP) is 3.67. The SMILES string of the molecule is O=C(Nc1ccncc1)Nc1ccc(-c2ncc(Cl)c(N3CCOCC3)n2)cc1. The Kier molecular flexibility index (Phi) is 5.83. The fourth-order valence-corrected chi connectivity index (χ4v) is 3.14. The number of benzene rings is 1. The van der Waals surface area contributed by atoms with E-state index in [-0.39, 0.29) is 6.03 Å². The molecule has 4 rings (SSSR count). The lowest BCUT2D eigenvalue weighted by Crippen LogP contribution is -2.37. The molecule has 9 heteroatoms. The fraction of sp³-hybridized carbons (Fsp3) is 0.200. The number of aromatic nitrogens is 3. The Morgan fingerprint density at radius 1 is 1.00 bits per heavy atom. The van der Waals surface area contributed by atoms with E-state index in [0.717, 1.165) is 18.7 Å². The number of nitrogens with one attached hydrogen (secondary N) is 2. The molecule has 148 valence electrons. The molecule has 1 saturated heterocycles. The third kappa shape index (κ3) is 4.79. The quantitative estimate of drug-likeness (QED) is 0.681. The molecular formula is C20H19ClN6O2. The summed E-state index contributed by atoms with van der Waals surface area (Å²) in [6, 6.07) is 10.4. The zero-order valence-electron chi connectivity index (χ0n) is 15.5. The molecule has 2 aromatic heterocycles. The average Bonchev–Trinajstić information content (AvgIpc) is 2.76. The molecule has 29 heavy (non-hydrogen) atoms. The maximum absolute atomic E-state index is 12.1. The monoisotopic (exact) mass is 410 g/mol. The van der Waals surface area contributed by atoms with E-state index < -0.39 is 0 Å². The van der Waals surface area contributed by atoms with E-state index in [1.54, 1.807) is 42.9 Å². The Balaban J connectivity index is 1.45. The van der Waals surface area contributed by atoms with E-state index >= 15 is 0 Å². The Bertz CT molecular complexity index is 978. The maximum atomic E-state index is 12.1. The first-order valence-electron chi connectivity index (χ1n) is 9.13. The summed E-state index contributed by atoms with van der Waals surface area (Å²) in [7, 11) is 0. The lowest BCUT2D eigenvalue weighted by molar-refractivity contribution is 0.122. The summed E-state index contributed by atoms with van der Waals surface area (Å²) in [5, 5.41) is 6.04. The normalized spacial score (nSPS) is 13.8. The number of morpholine rings is 1. The van der Waals surface area contributed by atoms with Crippen LogP contribution in [0.4, 0.5) is 22.0 Å². The molecule has 0 unspecified atom stereocenters. The smallest absolute Gasteiger partial charge is 0.323 e. The number of rotatable bonds is 4. The van der Waals surface area contributed by atoms with Crippen LogP contribution >= 0.6 is 11.6 Å². The van der Waals surface area contributed by atoms with Crippen molar-refractivity contribution in [1.82, 2.24) is 15.0 Å². The summed E-state index contributed by atoms with van der Waals surface area (Å²) in [4.78, 5) is 27.1. The molecule has 8 nitrogen and oxygen atoms in total. The standard InChI is InChI=1S/C20H19ClN6O2/c21-17-13-23-18(26-19(17)27-9-11-29-12-10-27)14-1-3-15(4-2-14)24-20(28)25-16-5-7-22-8-6-16/h1-8,13H,9-12H2,(H2,22,24,25,28). The van der Waals surface area contributed by atoms with Gasteiger partial charge in [0.15, 0.2) is 11.6 Å². The first-order valence-corrected chi connectivity index (χ1v) is 9.50. The number of halogens is 1. The number of anilines is 3. The molecule has 2 amide bonds. The van der Waals surface area contributed by atoms with Crippen molar-refractivity contribution in [3.63, 3.8) is 0 Å². The summed E-state index contributed by atoms with van der Waals surface area (Å²) in [6.07, 6.45) is 4.84. The van der Waals surface area contributed by atoms with Crippen LogP contribution in [0.2, 0.25) is 5.02 Å². The van der Waals surface area contributed by atoms with Crippen LogP contribution in [0.1, 0.15) is 0 Å². The van der Waals surface area contributed by atoms with Crippen LogP contribution in [0.5, 0.6) is 0 Å². The molecule has 0 spiro atoms. The van der Waals surface area contributed by atoms with Crippen molar-refractivity contribution in [3.8, 4) is 11.4 Å². The van der Waals surface area contributed by atoms with Gasteiger partial charge in [-0.3, -0.25) is 4.98 Å². The molecule has 0 bridgehead atoms. The first kappa shape index (κ1) is 19.1. The van der Waals surface area contributed by atoms with Gasteiger partial charge in [-0.15, -0.1) is 0 Å². The van der Waals surface area contributed by atoms with Crippen LogP contribution in [0.3, 0.4) is 0 Å². The van der Waals surface area contributed by atoms with E-state index in [2.05, 4.69) is 30.5 Å². The Hall–Kier alpha value is -3.23. The van der Waals surface area contributed by atoms with Gasteiger partial charge in [0, 0.05) is 42.4 Å². The number of amides is 2. The van der Waals surface area contributed by atoms with E-state index in [0.29, 0.717) is 41.3 Å². The highest BCUT2D eigenvalue weighted by molar-refractivity contribution is 6.32. The van der Waals surface area contributed by atoms with Crippen molar-refractivity contribution in [2.24, 2.45) is 0 Å². The molecule has 0 atom stereocenters. The van der Waals surface area contributed by atoms with Gasteiger partial charge >= 0.3 is 6.03 Å². The highest BCUT2D eigenvalue weighted by atomic mass is 35.5. The van der Waals surface area contributed by atoms with Gasteiger partial charge in [0.1, 0.15) is 5.02 Å². The molecule has 3 aromatic rings. The Morgan fingerprint density at radius 3 is 2.34 bits per heavy atom. The average molecular weight is 411 g/mol. The van der Waals surface area contributed by atoms with Gasteiger partial charge in [0.25, 0.3) is 0 Å². The van der Waals surface area contributed by atoms with Crippen LogP contribution in [0.15, 0.2) is 55.0 Å². The number of ether oxygens (including phenoxy) is 1. The van der Waals surface area contributed by atoms with Crippen LogP contribution in [-0.2, 0) is 4.74 Å². The maximum Gasteiger partial charge on any atom is 0.323 e. The molecule has 1 fully saturated rings. The molecule has 1 aliphatic rings. The molecule has 0 radical (unpaired) electrons. The second-order valence-electron chi connectivity index (χ2n) is 6.36. The van der Waals surface area contributed by atoms with Gasteiger partial charge in [0.05, 0.1) is 19.4 Å². The second kappa shape index (κ2) is 8.85. The van der Waals surface area contributed by atoms with Gasteiger partial charge < -0.3 is 20.3 Å².